The van der Waals surface area contributed by atoms with E-state index in [0.29, 0.717) is 6.54 Å². The Balaban J connectivity index is 1.57. The highest BCUT2D eigenvalue weighted by molar-refractivity contribution is 5.78. The number of hydrogen-bond donors (Lipinski definition) is 1. The standard InChI is InChI=1S/C19H23N5O3/c1-22-17-16(18(26)23(2)19(22)27)24(13-21-17)12-15(25)20-11-7-6-10-14-8-4-3-5-9-14/h3-5,8-9,13H,6-7,10-12H2,1-2H3,(H,20,25). The molecule has 3 aromatic rings. The summed E-state index contributed by atoms with van der Waals surface area (Å²) >= 11 is 0. The smallest absolute Gasteiger partial charge is 0.332 e. The number of imidazole rings is 1. The molecule has 0 saturated carbocycles. The van der Waals surface area contributed by atoms with Gasteiger partial charge >= 0.3 is 5.69 Å². The lowest BCUT2D eigenvalue weighted by Gasteiger charge is -2.08. The zero-order valence-electron chi connectivity index (χ0n) is 15.5. The van der Waals surface area contributed by atoms with E-state index in [1.54, 1.807) is 7.05 Å². The molecule has 8 nitrogen and oxygen atoms in total. The molecule has 1 N–H and O–H groups in total. The summed E-state index contributed by atoms with van der Waals surface area (Å²) in [5, 5.41) is 2.87. The van der Waals surface area contributed by atoms with Gasteiger partial charge in [-0.2, -0.15) is 0 Å². The fourth-order valence-electron chi connectivity index (χ4n) is 3.05. The van der Waals surface area contributed by atoms with E-state index in [9.17, 15) is 14.4 Å². The third kappa shape index (κ3) is 3.99. The molecule has 142 valence electrons. The van der Waals surface area contributed by atoms with Gasteiger partial charge in [-0.05, 0) is 24.8 Å². The molecule has 0 unspecified atom stereocenters. The quantitative estimate of drug-likeness (QED) is 0.617. The Morgan fingerprint density at radius 3 is 2.56 bits per heavy atom. The van der Waals surface area contributed by atoms with Crippen molar-refractivity contribution in [2.24, 2.45) is 14.1 Å². The lowest BCUT2D eigenvalue weighted by Crippen LogP contribution is -2.38. The van der Waals surface area contributed by atoms with Crippen LogP contribution in [0.15, 0.2) is 46.2 Å². The molecule has 0 aliphatic heterocycles. The molecule has 0 radical (unpaired) electrons. The summed E-state index contributed by atoms with van der Waals surface area (Å²) in [6.07, 6.45) is 4.26. The third-order valence-electron chi connectivity index (χ3n) is 4.59. The van der Waals surface area contributed by atoms with Crippen LogP contribution in [-0.2, 0) is 31.9 Å². The molecule has 8 heteroatoms. The fraction of sp³-hybridized carbons (Fsp3) is 0.368. The van der Waals surface area contributed by atoms with E-state index in [4.69, 9.17) is 0 Å². The van der Waals surface area contributed by atoms with E-state index >= 15 is 0 Å². The molecule has 1 aromatic carbocycles. The van der Waals surface area contributed by atoms with Crippen LogP contribution in [-0.4, -0.2) is 31.1 Å². The SMILES string of the molecule is Cn1c(=O)c2c(ncn2CC(=O)NCCCCc2ccccc2)n(C)c1=O. The van der Waals surface area contributed by atoms with Gasteiger partial charge < -0.3 is 9.88 Å². The first-order valence-electron chi connectivity index (χ1n) is 8.90. The van der Waals surface area contributed by atoms with Crippen LogP contribution in [0.5, 0.6) is 0 Å². The largest absolute Gasteiger partial charge is 0.355 e. The van der Waals surface area contributed by atoms with Gasteiger partial charge in [-0.1, -0.05) is 30.3 Å². The van der Waals surface area contributed by atoms with Crippen molar-refractivity contribution in [3.05, 3.63) is 63.1 Å². The molecule has 27 heavy (non-hydrogen) atoms. The molecule has 0 aliphatic carbocycles. The maximum atomic E-state index is 12.4. The Kier molecular flexibility index (Phi) is 5.54. The van der Waals surface area contributed by atoms with Crippen molar-refractivity contribution in [1.29, 1.82) is 0 Å². The Hall–Kier alpha value is -3.16. The van der Waals surface area contributed by atoms with Gasteiger partial charge in [0.1, 0.15) is 6.54 Å². The van der Waals surface area contributed by atoms with Crippen molar-refractivity contribution in [2.75, 3.05) is 6.54 Å². The summed E-state index contributed by atoms with van der Waals surface area (Å²) in [5.41, 5.74) is 0.912. The molecule has 0 bridgehead atoms. The summed E-state index contributed by atoms with van der Waals surface area (Å²) in [6.45, 7) is 0.567. The summed E-state index contributed by atoms with van der Waals surface area (Å²) in [7, 11) is 2.96. The first-order chi connectivity index (χ1) is 13.0. The van der Waals surface area contributed by atoms with Crippen molar-refractivity contribution in [2.45, 2.75) is 25.8 Å². The predicted octanol–water partition coefficient (Wildman–Crippen LogP) is 0.573. The van der Waals surface area contributed by atoms with E-state index < -0.39 is 11.2 Å². The van der Waals surface area contributed by atoms with Gasteiger partial charge in [-0.25, -0.2) is 9.78 Å². The second kappa shape index (κ2) is 8.03. The Morgan fingerprint density at radius 1 is 1.07 bits per heavy atom. The fourth-order valence-corrected chi connectivity index (χ4v) is 3.05. The number of amides is 1. The first-order valence-corrected chi connectivity index (χ1v) is 8.90. The number of aryl methyl sites for hydroxylation is 2. The van der Waals surface area contributed by atoms with Crippen LogP contribution >= 0.6 is 0 Å². The van der Waals surface area contributed by atoms with Crippen LogP contribution in [0.25, 0.3) is 11.2 Å². The van der Waals surface area contributed by atoms with Gasteiger partial charge in [0.15, 0.2) is 11.2 Å². The third-order valence-corrected chi connectivity index (χ3v) is 4.59. The molecule has 1 amide bonds. The summed E-state index contributed by atoms with van der Waals surface area (Å²) in [6, 6.07) is 10.2. The normalized spacial score (nSPS) is 11.0. The van der Waals surface area contributed by atoms with E-state index in [1.807, 2.05) is 18.2 Å². The highest BCUT2D eigenvalue weighted by Crippen LogP contribution is 2.06. The zero-order valence-corrected chi connectivity index (χ0v) is 15.5. The lowest BCUT2D eigenvalue weighted by molar-refractivity contribution is -0.121. The number of nitrogens with one attached hydrogen (secondary N) is 1. The molecule has 0 aliphatic rings. The number of fused-ring (bicyclic) bond motifs is 1. The summed E-state index contributed by atoms with van der Waals surface area (Å²) < 4.78 is 3.80. The molecule has 3 rings (SSSR count). The first kappa shape index (κ1) is 18.6. The van der Waals surface area contributed by atoms with Crippen LogP contribution in [0.1, 0.15) is 18.4 Å². The lowest BCUT2D eigenvalue weighted by atomic mass is 10.1. The van der Waals surface area contributed by atoms with Gasteiger partial charge in [-0.3, -0.25) is 18.7 Å². The van der Waals surface area contributed by atoms with Crippen molar-refractivity contribution in [3.63, 3.8) is 0 Å². The van der Waals surface area contributed by atoms with E-state index in [-0.39, 0.29) is 23.6 Å². The van der Waals surface area contributed by atoms with Crippen LogP contribution in [0.4, 0.5) is 0 Å². The number of hydrogen-bond acceptors (Lipinski definition) is 4. The maximum absolute atomic E-state index is 12.4. The number of carbonyl (C=O) groups excluding carboxylic acids is 1. The van der Waals surface area contributed by atoms with Crippen LogP contribution in [0.3, 0.4) is 0 Å². The minimum absolute atomic E-state index is 0.0113. The van der Waals surface area contributed by atoms with Crippen LogP contribution in [0, 0.1) is 0 Å². The van der Waals surface area contributed by atoms with E-state index in [2.05, 4.69) is 22.4 Å². The summed E-state index contributed by atoms with van der Waals surface area (Å²) in [5.74, 6) is -0.190. The van der Waals surface area contributed by atoms with E-state index in [1.165, 1.54) is 28.1 Å². The Bertz CT molecular complexity index is 1060. The minimum atomic E-state index is -0.457. The number of rotatable bonds is 7. The topological polar surface area (TPSA) is 90.9 Å². The Labute approximate surface area is 156 Å². The van der Waals surface area contributed by atoms with Crippen molar-refractivity contribution in [1.82, 2.24) is 24.0 Å². The summed E-state index contributed by atoms with van der Waals surface area (Å²) in [4.78, 5) is 40.6. The molecule has 0 atom stereocenters. The molecule has 2 aromatic heterocycles. The molecule has 0 spiro atoms. The average Bonchev–Trinajstić information content (AvgIpc) is 3.09. The monoisotopic (exact) mass is 369 g/mol. The Morgan fingerprint density at radius 2 is 1.81 bits per heavy atom. The van der Waals surface area contributed by atoms with Gasteiger partial charge in [0.2, 0.25) is 5.91 Å². The maximum Gasteiger partial charge on any atom is 0.332 e. The molecular weight excluding hydrogens is 346 g/mol. The van der Waals surface area contributed by atoms with Gasteiger partial charge in [0.05, 0.1) is 6.33 Å². The minimum Gasteiger partial charge on any atom is -0.355 e. The van der Waals surface area contributed by atoms with Crippen molar-refractivity contribution >= 4 is 17.1 Å². The number of aromatic nitrogens is 4. The number of benzene rings is 1. The number of unbranched alkanes of at least 4 members (excludes halogenated alkanes) is 1. The molecule has 2 heterocycles. The second-order valence-electron chi connectivity index (χ2n) is 6.54. The zero-order chi connectivity index (χ0) is 19.4. The number of carbonyl (C=O) groups is 1. The highest BCUT2D eigenvalue weighted by Gasteiger charge is 2.15. The van der Waals surface area contributed by atoms with Gasteiger partial charge in [0.25, 0.3) is 5.56 Å². The van der Waals surface area contributed by atoms with Crippen LogP contribution < -0.4 is 16.6 Å². The molecular formula is C19H23N5O3. The van der Waals surface area contributed by atoms with E-state index in [0.717, 1.165) is 23.8 Å². The highest BCUT2D eigenvalue weighted by atomic mass is 16.2. The predicted molar refractivity (Wildman–Crippen MR) is 103 cm³/mol. The molecule has 0 fully saturated rings. The van der Waals surface area contributed by atoms with Gasteiger partial charge in [0, 0.05) is 20.6 Å². The average molecular weight is 369 g/mol. The molecule has 0 saturated heterocycles. The number of nitrogens with zero attached hydrogens (tertiary/aromatic N) is 4. The van der Waals surface area contributed by atoms with Crippen molar-refractivity contribution < 1.29 is 4.79 Å². The van der Waals surface area contributed by atoms with Crippen molar-refractivity contribution in [3.8, 4) is 0 Å². The van der Waals surface area contributed by atoms with Gasteiger partial charge in [-0.15, -0.1) is 0 Å². The van der Waals surface area contributed by atoms with Crippen LogP contribution in [0.2, 0.25) is 0 Å². The second-order valence-corrected chi connectivity index (χ2v) is 6.54.